The van der Waals surface area contributed by atoms with Gasteiger partial charge in [0, 0.05) is 30.1 Å². The molecule has 0 aliphatic carbocycles. The predicted octanol–water partition coefficient (Wildman–Crippen LogP) is 2.34. The summed E-state index contributed by atoms with van der Waals surface area (Å²) in [6.45, 7) is 3.79. The number of amides is 2. The molecule has 1 aromatic carbocycles. The molecule has 1 aromatic heterocycles. The lowest BCUT2D eigenvalue weighted by atomic mass is 10.1. The van der Waals surface area contributed by atoms with Crippen molar-refractivity contribution in [3.05, 3.63) is 54.0 Å². The summed E-state index contributed by atoms with van der Waals surface area (Å²) in [7, 11) is 0. The molecule has 1 unspecified atom stereocenters. The Bertz CT molecular complexity index is 880. The van der Waals surface area contributed by atoms with Gasteiger partial charge in [-0.25, -0.2) is 0 Å². The van der Waals surface area contributed by atoms with Gasteiger partial charge in [-0.1, -0.05) is 13.0 Å². The van der Waals surface area contributed by atoms with Gasteiger partial charge in [0.25, 0.3) is 5.91 Å². The Labute approximate surface area is 157 Å². The van der Waals surface area contributed by atoms with E-state index in [1.807, 2.05) is 19.9 Å². The van der Waals surface area contributed by atoms with Gasteiger partial charge < -0.3 is 15.8 Å². The number of anilines is 2. The van der Waals surface area contributed by atoms with Crippen molar-refractivity contribution in [3.8, 4) is 5.75 Å². The third-order valence-corrected chi connectivity index (χ3v) is 4.24. The van der Waals surface area contributed by atoms with Crippen LogP contribution in [-0.2, 0) is 9.59 Å². The SMILES string of the molecule is CCC(C)NC(=O)CN1C(=O)/C(=C\c2ccccn2)Oc2cc(N)ccc21. The summed E-state index contributed by atoms with van der Waals surface area (Å²) in [5, 5.41) is 2.87. The molecular weight excluding hydrogens is 344 g/mol. The van der Waals surface area contributed by atoms with Gasteiger partial charge in [-0.05, 0) is 37.6 Å². The van der Waals surface area contributed by atoms with E-state index in [1.165, 1.54) is 4.90 Å². The second-order valence-corrected chi connectivity index (χ2v) is 6.36. The number of nitrogens with one attached hydrogen (secondary N) is 1. The van der Waals surface area contributed by atoms with E-state index in [0.717, 1.165) is 6.42 Å². The summed E-state index contributed by atoms with van der Waals surface area (Å²) in [6.07, 6.45) is 3.98. The van der Waals surface area contributed by atoms with Crippen LogP contribution in [0.2, 0.25) is 0 Å². The first-order chi connectivity index (χ1) is 13.0. The smallest absolute Gasteiger partial charge is 0.294 e. The number of aromatic nitrogens is 1. The number of hydrogen-bond acceptors (Lipinski definition) is 5. The monoisotopic (exact) mass is 366 g/mol. The molecule has 140 valence electrons. The largest absolute Gasteiger partial charge is 0.449 e. The Morgan fingerprint density at radius 1 is 1.37 bits per heavy atom. The summed E-state index contributed by atoms with van der Waals surface area (Å²) in [6, 6.07) is 10.4. The molecule has 0 fully saturated rings. The van der Waals surface area contributed by atoms with Gasteiger partial charge in [0.2, 0.25) is 5.91 Å². The van der Waals surface area contributed by atoms with Crippen LogP contribution in [0.5, 0.6) is 5.75 Å². The first-order valence-electron chi connectivity index (χ1n) is 8.79. The Morgan fingerprint density at radius 3 is 2.89 bits per heavy atom. The van der Waals surface area contributed by atoms with Crippen molar-refractivity contribution in [2.24, 2.45) is 0 Å². The van der Waals surface area contributed by atoms with Crippen molar-refractivity contribution in [2.75, 3.05) is 17.2 Å². The summed E-state index contributed by atoms with van der Waals surface area (Å²) < 4.78 is 5.76. The number of fused-ring (bicyclic) bond motifs is 1. The first-order valence-corrected chi connectivity index (χ1v) is 8.79. The number of hydrogen-bond donors (Lipinski definition) is 2. The number of nitrogens with two attached hydrogens (primary N) is 1. The van der Waals surface area contributed by atoms with Gasteiger partial charge in [0.15, 0.2) is 11.5 Å². The molecule has 27 heavy (non-hydrogen) atoms. The molecule has 2 aromatic rings. The third kappa shape index (κ3) is 4.25. The van der Waals surface area contributed by atoms with Crippen molar-refractivity contribution in [1.82, 2.24) is 10.3 Å². The van der Waals surface area contributed by atoms with Gasteiger partial charge in [0.1, 0.15) is 6.54 Å². The van der Waals surface area contributed by atoms with Crippen LogP contribution in [0.15, 0.2) is 48.4 Å². The average molecular weight is 366 g/mol. The van der Waals surface area contributed by atoms with Crippen LogP contribution < -0.4 is 20.7 Å². The molecule has 1 aliphatic heterocycles. The molecule has 7 nitrogen and oxygen atoms in total. The molecule has 0 spiro atoms. The predicted molar refractivity (Wildman–Crippen MR) is 104 cm³/mol. The molecule has 0 radical (unpaired) electrons. The third-order valence-electron chi connectivity index (χ3n) is 4.24. The van der Waals surface area contributed by atoms with Gasteiger partial charge in [-0.3, -0.25) is 19.5 Å². The van der Waals surface area contributed by atoms with Crippen LogP contribution >= 0.6 is 0 Å². The van der Waals surface area contributed by atoms with Gasteiger partial charge in [-0.2, -0.15) is 0 Å². The highest BCUT2D eigenvalue weighted by molar-refractivity contribution is 6.12. The van der Waals surface area contributed by atoms with Crippen molar-refractivity contribution in [2.45, 2.75) is 26.3 Å². The lowest BCUT2D eigenvalue weighted by Crippen LogP contribution is -2.46. The van der Waals surface area contributed by atoms with E-state index in [4.69, 9.17) is 10.5 Å². The maximum Gasteiger partial charge on any atom is 0.294 e. The number of nitrogens with zero attached hydrogens (tertiary/aromatic N) is 2. The lowest BCUT2D eigenvalue weighted by Gasteiger charge is -2.30. The fraction of sp³-hybridized carbons (Fsp3) is 0.250. The van der Waals surface area contributed by atoms with Crippen LogP contribution in [0.4, 0.5) is 11.4 Å². The molecule has 1 atom stereocenters. The minimum atomic E-state index is -0.405. The van der Waals surface area contributed by atoms with Gasteiger partial charge in [-0.15, -0.1) is 0 Å². The van der Waals surface area contributed by atoms with E-state index in [9.17, 15) is 9.59 Å². The van der Waals surface area contributed by atoms with Crippen molar-refractivity contribution < 1.29 is 14.3 Å². The molecule has 1 aliphatic rings. The molecule has 0 saturated carbocycles. The number of benzene rings is 1. The topological polar surface area (TPSA) is 97.5 Å². The quantitative estimate of drug-likeness (QED) is 0.625. The zero-order valence-electron chi connectivity index (χ0n) is 15.3. The van der Waals surface area contributed by atoms with E-state index < -0.39 is 5.91 Å². The molecule has 3 rings (SSSR count). The molecular formula is C20H22N4O3. The number of carbonyl (C=O) groups excluding carboxylic acids is 2. The lowest BCUT2D eigenvalue weighted by molar-refractivity contribution is -0.123. The van der Waals surface area contributed by atoms with E-state index in [2.05, 4.69) is 10.3 Å². The van der Waals surface area contributed by atoms with Crippen LogP contribution in [0.1, 0.15) is 26.0 Å². The van der Waals surface area contributed by atoms with Gasteiger partial charge >= 0.3 is 0 Å². The number of ether oxygens (including phenoxy) is 1. The Balaban J connectivity index is 1.94. The second-order valence-electron chi connectivity index (χ2n) is 6.36. The molecule has 7 heteroatoms. The molecule has 3 N–H and O–H groups in total. The number of rotatable bonds is 5. The van der Waals surface area contributed by atoms with Gasteiger partial charge in [0.05, 0.1) is 11.4 Å². The maximum absolute atomic E-state index is 13.0. The number of carbonyl (C=O) groups is 2. The Hall–Kier alpha value is -3.35. The summed E-state index contributed by atoms with van der Waals surface area (Å²) in [5.41, 5.74) is 7.44. The zero-order valence-corrected chi connectivity index (χ0v) is 15.3. The van der Waals surface area contributed by atoms with E-state index in [1.54, 1.807) is 42.6 Å². The molecule has 0 saturated heterocycles. The first kappa shape index (κ1) is 18.4. The minimum Gasteiger partial charge on any atom is -0.449 e. The van der Waals surface area contributed by atoms with E-state index >= 15 is 0 Å². The highest BCUT2D eigenvalue weighted by Crippen LogP contribution is 2.37. The normalized spacial score (nSPS) is 15.9. The van der Waals surface area contributed by atoms with E-state index in [0.29, 0.717) is 22.8 Å². The number of nitrogen functional groups attached to an aromatic ring is 1. The molecule has 2 amide bonds. The Morgan fingerprint density at radius 2 is 2.19 bits per heavy atom. The highest BCUT2D eigenvalue weighted by atomic mass is 16.5. The summed E-state index contributed by atoms with van der Waals surface area (Å²) in [4.78, 5) is 30.9. The van der Waals surface area contributed by atoms with Crippen LogP contribution in [0.25, 0.3) is 6.08 Å². The summed E-state index contributed by atoms with van der Waals surface area (Å²) in [5.74, 6) is -0.131. The fourth-order valence-corrected chi connectivity index (χ4v) is 2.65. The average Bonchev–Trinajstić information content (AvgIpc) is 2.65. The standard InChI is InChI=1S/C20H22N4O3/c1-3-13(2)23-19(25)12-24-16-8-7-14(21)10-17(16)27-18(20(24)26)11-15-6-4-5-9-22-15/h4-11,13H,3,12,21H2,1-2H3,(H,23,25)/b18-11+. The van der Waals surface area contributed by atoms with Crippen LogP contribution in [0.3, 0.4) is 0 Å². The fourth-order valence-electron chi connectivity index (χ4n) is 2.65. The highest BCUT2D eigenvalue weighted by Gasteiger charge is 2.32. The van der Waals surface area contributed by atoms with Crippen LogP contribution in [0, 0.1) is 0 Å². The van der Waals surface area contributed by atoms with E-state index in [-0.39, 0.29) is 24.3 Å². The minimum absolute atomic E-state index is 0.0306. The molecule has 2 heterocycles. The van der Waals surface area contributed by atoms with Crippen molar-refractivity contribution in [1.29, 1.82) is 0 Å². The molecule has 0 bridgehead atoms. The zero-order chi connectivity index (χ0) is 19.4. The maximum atomic E-state index is 13.0. The van der Waals surface area contributed by atoms with Crippen molar-refractivity contribution >= 4 is 29.3 Å². The van der Waals surface area contributed by atoms with Crippen LogP contribution in [-0.4, -0.2) is 29.4 Å². The second kappa shape index (κ2) is 7.90. The number of pyridine rings is 1. The Kier molecular flexibility index (Phi) is 5.40. The summed E-state index contributed by atoms with van der Waals surface area (Å²) >= 11 is 0. The van der Waals surface area contributed by atoms with Crippen molar-refractivity contribution in [3.63, 3.8) is 0 Å².